The minimum atomic E-state index is -2.83. The van der Waals surface area contributed by atoms with Crippen LogP contribution in [0.25, 0.3) is 16.2 Å². The van der Waals surface area contributed by atoms with E-state index in [2.05, 4.69) is 15.1 Å². The highest BCUT2D eigenvalue weighted by atomic mass is 32.1. The van der Waals surface area contributed by atoms with E-state index >= 15 is 0 Å². The van der Waals surface area contributed by atoms with E-state index in [1.54, 1.807) is 22.7 Å². The number of thiazole rings is 1. The smallest absolute Gasteiger partial charge is 0.356 e. The number of fused-ring (bicyclic) bond motifs is 1. The summed E-state index contributed by atoms with van der Waals surface area (Å²) in [4.78, 5) is 23.7. The van der Waals surface area contributed by atoms with E-state index < -0.39 is 18.7 Å². The van der Waals surface area contributed by atoms with Crippen molar-refractivity contribution in [2.75, 3.05) is 19.1 Å². The molecule has 154 valence electrons. The molecule has 3 heterocycles. The lowest BCUT2D eigenvalue weighted by Gasteiger charge is -2.30. The van der Waals surface area contributed by atoms with E-state index in [1.165, 1.54) is 24.5 Å². The molecule has 1 saturated carbocycles. The summed E-state index contributed by atoms with van der Waals surface area (Å²) in [6.45, 7) is -2.83. The van der Waals surface area contributed by atoms with Gasteiger partial charge in [-0.15, -0.1) is 11.3 Å². The van der Waals surface area contributed by atoms with Crippen LogP contribution in [0.2, 0.25) is 0 Å². The van der Waals surface area contributed by atoms with Crippen molar-refractivity contribution in [3.05, 3.63) is 29.5 Å². The van der Waals surface area contributed by atoms with E-state index in [4.69, 9.17) is 9.47 Å². The van der Waals surface area contributed by atoms with Crippen molar-refractivity contribution in [3.8, 4) is 11.4 Å². The van der Waals surface area contributed by atoms with Gasteiger partial charge in [-0.1, -0.05) is 0 Å². The van der Waals surface area contributed by atoms with Gasteiger partial charge in [0.05, 0.1) is 31.0 Å². The number of carbonyl (C=O) groups excluding carboxylic acids is 1. The summed E-state index contributed by atoms with van der Waals surface area (Å²) >= 11 is 1.47. The molecule has 0 saturated heterocycles. The Labute approximate surface area is 169 Å². The third-order valence-electron chi connectivity index (χ3n) is 5.03. The summed E-state index contributed by atoms with van der Waals surface area (Å²) in [5.74, 6) is 0.141. The number of hydrogen-bond donors (Lipinski definition) is 0. The van der Waals surface area contributed by atoms with Crippen LogP contribution in [0.5, 0.6) is 0 Å². The molecule has 0 radical (unpaired) electrons. The standard InChI is InChI=1S/C18H19F2N5O3S/c1-24(12-4-3-5-13(12)28-18(19)20)14-8-11(17(26)27-2)22-15(23-14)10-9-21-25-6-7-29-16(10)25/h6-9,12-13,18H,3-5H2,1-2H3/t12-,13-/m0/s1. The molecular formula is C18H19F2N5O3S. The zero-order chi connectivity index (χ0) is 20.5. The van der Waals surface area contributed by atoms with Crippen molar-refractivity contribution in [1.29, 1.82) is 0 Å². The molecule has 0 aromatic carbocycles. The Balaban J connectivity index is 1.74. The zero-order valence-corrected chi connectivity index (χ0v) is 16.6. The lowest BCUT2D eigenvalue weighted by molar-refractivity contribution is -0.163. The number of aromatic nitrogens is 4. The molecule has 1 aliphatic rings. The van der Waals surface area contributed by atoms with Gasteiger partial charge in [0.25, 0.3) is 0 Å². The molecule has 0 aliphatic heterocycles. The van der Waals surface area contributed by atoms with Gasteiger partial charge < -0.3 is 14.4 Å². The number of hydrogen-bond acceptors (Lipinski definition) is 8. The van der Waals surface area contributed by atoms with E-state index in [1.807, 2.05) is 11.6 Å². The van der Waals surface area contributed by atoms with Gasteiger partial charge in [0.15, 0.2) is 11.5 Å². The number of halogens is 2. The van der Waals surface area contributed by atoms with Crippen LogP contribution < -0.4 is 4.90 Å². The van der Waals surface area contributed by atoms with Crippen LogP contribution in [0.1, 0.15) is 29.8 Å². The van der Waals surface area contributed by atoms with Crippen LogP contribution in [0.4, 0.5) is 14.6 Å². The first-order valence-electron chi connectivity index (χ1n) is 9.03. The number of anilines is 1. The molecule has 3 aromatic heterocycles. The van der Waals surface area contributed by atoms with Crippen LogP contribution in [0.3, 0.4) is 0 Å². The molecule has 29 heavy (non-hydrogen) atoms. The highest BCUT2D eigenvalue weighted by Gasteiger charge is 2.34. The number of likely N-dealkylation sites (N-methyl/N-ethyl adjacent to an activating group) is 1. The maximum Gasteiger partial charge on any atom is 0.356 e. The zero-order valence-electron chi connectivity index (χ0n) is 15.8. The molecule has 0 N–H and O–H groups in total. The van der Waals surface area contributed by atoms with Crippen molar-refractivity contribution in [3.63, 3.8) is 0 Å². The highest BCUT2D eigenvalue weighted by Crippen LogP contribution is 2.32. The normalized spacial score (nSPS) is 19.2. The second kappa shape index (κ2) is 7.99. The summed E-state index contributed by atoms with van der Waals surface area (Å²) in [5.41, 5.74) is 0.756. The van der Waals surface area contributed by atoms with Crippen LogP contribution in [0, 0.1) is 0 Å². The van der Waals surface area contributed by atoms with Crippen molar-refractivity contribution in [2.24, 2.45) is 0 Å². The average Bonchev–Trinajstić information content (AvgIpc) is 3.43. The van der Waals surface area contributed by atoms with E-state index in [-0.39, 0.29) is 11.7 Å². The maximum atomic E-state index is 12.8. The fourth-order valence-corrected chi connectivity index (χ4v) is 4.43. The summed E-state index contributed by atoms with van der Waals surface area (Å²) in [6, 6.07) is 1.22. The summed E-state index contributed by atoms with van der Waals surface area (Å²) in [7, 11) is 3.03. The van der Waals surface area contributed by atoms with E-state index in [0.717, 1.165) is 11.3 Å². The van der Waals surface area contributed by atoms with Crippen LogP contribution in [-0.2, 0) is 9.47 Å². The molecule has 0 amide bonds. The number of ether oxygens (including phenoxy) is 2. The van der Waals surface area contributed by atoms with Crippen molar-refractivity contribution >= 4 is 28.0 Å². The Kier molecular flexibility index (Phi) is 5.41. The van der Waals surface area contributed by atoms with Gasteiger partial charge in [-0.05, 0) is 19.3 Å². The Bertz CT molecular complexity index is 1020. The molecule has 11 heteroatoms. The molecule has 4 rings (SSSR count). The number of alkyl halides is 2. The number of rotatable bonds is 6. The fraction of sp³-hybridized carbons (Fsp3) is 0.444. The van der Waals surface area contributed by atoms with Gasteiger partial charge >= 0.3 is 12.6 Å². The quantitative estimate of drug-likeness (QED) is 0.563. The maximum absolute atomic E-state index is 12.8. The Morgan fingerprint density at radius 1 is 1.38 bits per heavy atom. The van der Waals surface area contributed by atoms with Gasteiger partial charge in [-0.2, -0.15) is 13.9 Å². The van der Waals surface area contributed by atoms with Gasteiger partial charge in [-0.3, -0.25) is 0 Å². The van der Waals surface area contributed by atoms with Crippen LogP contribution in [0.15, 0.2) is 23.8 Å². The number of esters is 1. The fourth-order valence-electron chi connectivity index (χ4n) is 3.64. The number of nitrogens with zero attached hydrogens (tertiary/aromatic N) is 5. The second-order valence-corrected chi connectivity index (χ2v) is 7.58. The van der Waals surface area contributed by atoms with Crippen molar-refractivity contribution in [2.45, 2.75) is 38.0 Å². The SMILES string of the molecule is COC(=O)c1cc(N(C)[C@H]2CCC[C@@H]2OC(F)F)nc(-c2cnn3ccsc23)n1. The largest absolute Gasteiger partial charge is 0.464 e. The van der Waals surface area contributed by atoms with Gasteiger partial charge in [0.2, 0.25) is 0 Å². The van der Waals surface area contributed by atoms with E-state index in [0.29, 0.717) is 30.0 Å². The molecule has 0 spiro atoms. The Morgan fingerprint density at radius 3 is 2.97 bits per heavy atom. The van der Waals surface area contributed by atoms with Crippen LogP contribution >= 0.6 is 11.3 Å². The lowest BCUT2D eigenvalue weighted by atomic mass is 10.2. The molecule has 2 atom stereocenters. The summed E-state index contributed by atoms with van der Waals surface area (Å²) < 4.78 is 36.9. The first kappa shape index (κ1) is 19.6. The minimum Gasteiger partial charge on any atom is -0.464 e. The van der Waals surface area contributed by atoms with Gasteiger partial charge in [0, 0.05) is 24.7 Å². The topological polar surface area (TPSA) is 81.8 Å². The van der Waals surface area contributed by atoms with Crippen LogP contribution in [-0.4, -0.2) is 58.5 Å². The average molecular weight is 423 g/mol. The first-order chi connectivity index (χ1) is 14.0. The Hall–Kier alpha value is -2.66. The molecule has 0 bridgehead atoms. The first-order valence-corrected chi connectivity index (χ1v) is 9.91. The highest BCUT2D eigenvalue weighted by molar-refractivity contribution is 7.16. The molecule has 8 nitrogen and oxygen atoms in total. The number of carbonyl (C=O) groups is 1. The Morgan fingerprint density at radius 2 is 2.21 bits per heavy atom. The third kappa shape index (κ3) is 3.79. The monoisotopic (exact) mass is 423 g/mol. The van der Waals surface area contributed by atoms with Gasteiger partial charge in [-0.25, -0.2) is 19.3 Å². The summed E-state index contributed by atoms with van der Waals surface area (Å²) in [5, 5.41) is 6.14. The molecular weight excluding hydrogens is 404 g/mol. The third-order valence-corrected chi connectivity index (χ3v) is 5.92. The second-order valence-electron chi connectivity index (χ2n) is 6.68. The number of methoxy groups -OCH3 is 1. The van der Waals surface area contributed by atoms with Crippen molar-refractivity contribution in [1.82, 2.24) is 19.6 Å². The minimum absolute atomic E-state index is 0.0829. The molecule has 1 aliphatic carbocycles. The van der Waals surface area contributed by atoms with E-state index in [9.17, 15) is 13.6 Å². The lowest BCUT2D eigenvalue weighted by Crippen LogP contribution is -2.40. The predicted molar refractivity (Wildman–Crippen MR) is 102 cm³/mol. The summed E-state index contributed by atoms with van der Waals surface area (Å²) in [6.07, 6.45) is 4.83. The van der Waals surface area contributed by atoms with Crippen molar-refractivity contribution < 1.29 is 23.0 Å². The molecule has 3 aromatic rings. The molecule has 0 unspecified atom stereocenters. The predicted octanol–water partition coefficient (Wildman–Crippen LogP) is 3.24. The van der Waals surface area contributed by atoms with Gasteiger partial charge in [0.1, 0.15) is 10.6 Å². The molecule has 1 fully saturated rings.